The van der Waals surface area contributed by atoms with Crippen molar-refractivity contribution < 1.29 is 19.1 Å². The number of hydrazone groups is 1. The lowest BCUT2D eigenvalue weighted by atomic mass is 10.2. The quantitative estimate of drug-likeness (QED) is 0.391. The molecule has 32 heavy (non-hydrogen) atoms. The number of carbonyl (C=O) groups is 2. The van der Waals surface area contributed by atoms with E-state index in [1.807, 2.05) is 31.2 Å². The molecule has 0 aliphatic rings. The van der Waals surface area contributed by atoms with Gasteiger partial charge in [0, 0.05) is 16.3 Å². The highest BCUT2D eigenvalue weighted by Gasteiger charge is 2.10. The molecule has 7 nitrogen and oxygen atoms in total. The van der Waals surface area contributed by atoms with E-state index in [1.54, 1.807) is 42.5 Å². The molecule has 0 fully saturated rings. The van der Waals surface area contributed by atoms with E-state index in [0.717, 1.165) is 11.3 Å². The van der Waals surface area contributed by atoms with Gasteiger partial charge in [-0.25, -0.2) is 5.43 Å². The molecular formula is C24H22ClN3O4. The van der Waals surface area contributed by atoms with Gasteiger partial charge in [0.2, 0.25) is 0 Å². The number of carbonyl (C=O) groups excluding carboxylic acids is 2. The van der Waals surface area contributed by atoms with Gasteiger partial charge in [0.1, 0.15) is 0 Å². The summed E-state index contributed by atoms with van der Waals surface area (Å²) in [6, 6.07) is 19.1. The predicted molar refractivity (Wildman–Crippen MR) is 125 cm³/mol. The summed E-state index contributed by atoms with van der Waals surface area (Å²) in [7, 11) is 1.50. The van der Waals surface area contributed by atoms with Gasteiger partial charge in [-0.2, -0.15) is 5.10 Å². The third kappa shape index (κ3) is 6.33. The number of aryl methyl sites for hydroxylation is 1. The molecule has 2 amide bonds. The number of halogens is 1. The predicted octanol–water partition coefficient (Wildman–Crippen LogP) is 4.44. The van der Waals surface area contributed by atoms with E-state index in [9.17, 15) is 9.59 Å². The van der Waals surface area contributed by atoms with E-state index in [1.165, 1.54) is 13.3 Å². The average molecular weight is 452 g/mol. The van der Waals surface area contributed by atoms with Crippen molar-refractivity contribution in [1.29, 1.82) is 0 Å². The van der Waals surface area contributed by atoms with Crippen LogP contribution < -0.4 is 20.2 Å². The van der Waals surface area contributed by atoms with E-state index in [-0.39, 0.29) is 18.4 Å². The SMILES string of the molecule is COc1cc(/C=N\NC(=O)c2ccc(Cl)cc2)ccc1OCC(=O)Nc1ccccc1C. The number of benzene rings is 3. The Balaban J connectivity index is 1.57. The largest absolute Gasteiger partial charge is 0.493 e. The fraction of sp³-hybridized carbons (Fsp3) is 0.125. The van der Waals surface area contributed by atoms with Crippen LogP contribution in [0.3, 0.4) is 0 Å². The highest BCUT2D eigenvalue weighted by Crippen LogP contribution is 2.27. The number of ether oxygens (including phenoxy) is 2. The molecule has 0 saturated heterocycles. The summed E-state index contributed by atoms with van der Waals surface area (Å²) >= 11 is 5.82. The maximum Gasteiger partial charge on any atom is 0.271 e. The van der Waals surface area contributed by atoms with Crippen LogP contribution in [0.25, 0.3) is 0 Å². The smallest absolute Gasteiger partial charge is 0.271 e. The number of amides is 2. The van der Waals surface area contributed by atoms with Crippen LogP contribution in [0.15, 0.2) is 71.8 Å². The molecule has 0 heterocycles. The van der Waals surface area contributed by atoms with E-state index in [0.29, 0.717) is 27.6 Å². The summed E-state index contributed by atoms with van der Waals surface area (Å²) in [6.45, 7) is 1.74. The number of nitrogens with zero attached hydrogens (tertiary/aromatic N) is 1. The van der Waals surface area contributed by atoms with Gasteiger partial charge in [0.25, 0.3) is 11.8 Å². The zero-order valence-electron chi connectivity index (χ0n) is 17.6. The van der Waals surface area contributed by atoms with E-state index >= 15 is 0 Å². The minimum Gasteiger partial charge on any atom is -0.493 e. The maximum absolute atomic E-state index is 12.2. The normalized spacial score (nSPS) is 10.6. The number of rotatable bonds is 8. The van der Waals surface area contributed by atoms with E-state index in [2.05, 4.69) is 15.8 Å². The Kier molecular flexibility index (Phi) is 7.83. The fourth-order valence-corrected chi connectivity index (χ4v) is 2.88. The van der Waals surface area contributed by atoms with Gasteiger partial charge in [-0.1, -0.05) is 29.8 Å². The zero-order valence-corrected chi connectivity index (χ0v) is 18.3. The second-order valence-electron chi connectivity index (χ2n) is 6.77. The Hall–Kier alpha value is -3.84. The number of para-hydroxylation sites is 1. The lowest BCUT2D eigenvalue weighted by Gasteiger charge is -2.12. The number of nitrogens with one attached hydrogen (secondary N) is 2. The summed E-state index contributed by atoms with van der Waals surface area (Å²) in [6.07, 6.45) is 1.48. The van der Waals surface area contributed by atoms with Crippen LogP contribution in [-0.2, 0) is 4.79 Å². The molecule has 0 unspecified atom stereocenters. The Morgan fingerprint density at radius 2 is 1.78 bits per heavy atom. The number of anilines is 1. The average Bonchev–Trinajstić information content (AvgIpc) is 2.80. The Morgan fingerprint density at radius 3 is 2.50 bits per heavy atom. The summed E-state index contributed by atoms with van der Waals surface area (Å²) in [4.78, 5) is 24.3. The third-order valence-corrected chi connectivity index (χ3v) is 4.70. The van der Waals surface area contributed by atoms with Crippen LogP contribution >= 0.6 is 11.6 Å². The highest BCUT2D eigenvalue weighted by atomic mass is 35.5. The van der Waals surface area contributed by atoms with Crippen LogP contribution in [0.5, 0.6) is 11.5 Å². The van der Waals surface area contributed by atoms with Gasteiger partial charge < -0.3 is 14.8 Å². The minimum atomic E-state index is -0.357. The van der Waals surface area contributed by atoms with Crippen molar-refractivity contribution in [3.8, 4) is 11.5 Å². The van der Waals surface area contributed by atoms with Crippen LogP contribution in [0.2, 0.25) is 5.02 Å². The second kappa shape index (κ2) is 11.0. The Morgan fingerprint density at radius 1 is 1.03 bits per heavy atom. The Labute approximate surface area is 191 Å². The van der Waals surface area contributed by atoms with Crippen LogP contribution in [0, 0.1) is 6.92 Å². The first-order valence-corrected chi connectivity index (χ1v) is 10.1. The molecule has 0 saturated carbocycles. The molecule has 0 bridgehead atoms. The van der Waals surface area contributed by atoms with Crippen molar-refractivity contribution in [2.45, 2.75) is 6.92 Å². The first kappa shape index (κ1) is 22.8. The standard InChI is InChI=1S/C24H22ClN3O4/c1-16-5-3-4-6-20(16)27-23(29)15-32-21-12-7-17(13-22(21)31-2)14-26-28-24(30)18-8-10-19(25)11-9-18/h3-14H,15H2,1-2H3,(H,27,29)(H,28,30)/b26-14-. The van der Waals surface area contributed by atoms with Gasteiger partial charge in [-0.15, -0.1) is 0 Å². The molecule has 164 valence electrons. The lowest BCUT2D eigenvalue weighted by molar-refractivity contribution is -0.118. The van der Waals surface area contributed by atoms with Gasteiger partial charge >= 0.3 is 0 Å². The van der Waals surface area contributed by atoms with Crippen LogP contribution in [0.4, 0.5) is 5.69 Å². The van der Waals surface area contributed by atoms with Gasteiger partial charge in [-0.3, -0.25) is 9.59 Å². The van der Waals surface area contributed by atoms with Gasteiger partial charge in [-0.05, 0) is 66.6 Å². The molecule has 8 heteroatoms. The summed E-state index contributed by atoms with van der Waals surface area (Å²) in [5, 5.41) is 7.32. The van der Waals surface area contributed by atoms with Crippen molar-refractivity contribution in [3.05, 3.63) is 88.4 Å². The zero-order chi connectivity index (χ0) is 22.9. The lowest BCUT2D eigenvalue weighted by Crippen LogP contribution is -2.20. The molecule has 2 N–H and O–H groups in total. The summed E-state index contributed by atoms with van der Waals surface area (Å²) < 4.78 is 11.0. The molecule has 3 rings (SSSR count). The molecule has 3 aromatic rings. The second-order valence-corrected chi connectivity index (χ2v) is 7.20. The molecule has 0 aliphatic carbocycles. The number of hydrogen-bond donors (Lipinski definition) is 2. The maximum atomic E-state index is 12.2. The van der Waals surface area contributed by atoms with E-state index in [4.69, 9.17) is 21.1 Å². The van der Waals surface area contributed by atoms with Crippen LogP contribution in [0.1, 0.15) is 21.5 Å². The molecular weight excluding hydrogens is 430 g/mol. The Bertz CT molecular complexity index is 1130. The molecule has 0 radical (unpaired) electrons. The molecule has 0 aromatic heterocycles. The topological polar surface area (TPSA) is 89.0 Å². The number of hydrogen-bond acceptors (Lipinski definition) is 5. The van der Waals surface area contributed by atoms with Crippen molar-refractivity contribution in [2.24, 2.45) is 5.10 Å². The van der Waals surface area contributed by atoms with Crippen molar-refractivity contribution >= 4 is 35.3 Å². The fourth-order valence-electron chi connectivity index (χ4n) is 2.76. The minimum absolute atomic E-state index is 0.171. The molecule has 0 aliphatic heterocycles. The van der Waals surface area contributed by atoms with Crippen molar-refractivity contribution in [3.63, 3.8) is 0 Å². The molecule has 0 spiro atoms. The summed E-state index contributed by atoms with van der Waals surface area (Å²) in [5.41, 5.74) is 5.27. The van der Waals surface area contributed by atoms with Crippen molar-refractivity contribution in [1.82, 2.24) is 5.43 Å². The first-order valence-electron chi connectivity index (χ1n) is 9.71. The van der Waals surface area contributed by atoms with E-state index < -0.39 is 0 Å². The molecule has 0 atom stereocenters. The summed E-state index contributed by atoms with van der Waals surface area (Å²) in [5.74, 6) is 0.206. The van der Waals surface area contributed by atoms with Crippen LogP contribution in [-0.4, -0.2) is 31.7 Å². The van der Waals surface area contributed by atoms with Gasteiger partial charge in [0.05, 0.1) is 13.3 Å². The number of methoxy groups -OCH3 is 1. The monoisotopic (exact) mass is 451 g/mol. The third-order valence-electron chi connectivity index (χ3n) is 4.45. The highest BCUT2D eigenvalue weighted by molar-refractivity contribution is 6.30. The first-order chi connectivity index (χ1) is 15.5. The van der Waals surface area contributed by atoms with Gasteiger partial charge in [0.15, 0.2) is 18.1 Å². The van der Waals surface area contributed by atoms with Crippen molar-refractivity contribution in [2.75, 3.05) is 19.0 Å². The molecule has 3 aromatic carbocycles.